The Morgan fingerprint density at radius 2 is 0.675 bits per heavy atom. The topological polar surface area (TPSA) is 196 Å². The zero-order valence-electron chi connectivity index (χ0n) is 23.8. The van der Waals surface area contributed by atoms with Crippen molar-refractivity contribution < 1.29 is 48.7 Å². The SMILES string of the molecule is CCCCCCCCc1ccc(O)cc1.CCCCCCCCc1ccc(O)cc1.O=P(O)(O)O.O=P(O)(O)O. The van der Waals surface area contributed by atoms with Crippen LogP contribution in [0.2, 0.25) is 0 Å². The van der Waals surface area contributed by atoms with E-state index in [0.717, 1.165) is 12.8 Å². The van der Waals surface area contributed by atoms with Gasteiger partial charge in [0.15, 0.2) is 0 Å². The standard InChI is InChI=1S/2C14H22O.2H3O4P/c2*1-2-3-4-5-6-7-8-13-9-11-14(15)12-10-13;2*1-5(2,3)4/h2*9-12,15H,2-8H2,1H3;2*(H3,1,2,3,4). The van der Waals surface area contributed by atoms with E-state index in [-0.39, 0.29) is 0 Å². The van der Waals surface area contributed by atoms with Crippen molar-refractivity contribution in [1.29, 1.82) is 0 Å². The quantitative estimate of drug-likeness (QED) is 0.0840. The molecule has 10 nitrogen and oxygen atoms in total. The zero-order valence-corrected chi connectivity index (χ0v) is 25.6. The molecule has 0 fully saturated rings. The van der Waals surface area contributed by atoms with Crippen LogP contribution in [0.1, 0.15) is 102 Å². The van der Waals surface area contributed by atoms with E-state index < -0.39 is 15.6 Å². The van der Waals surface area contributed by atoms with Crippen LogP contribution < -0.4 is 0 Å². The molecule has 0 unspecified atom stereocenters. The van der Waals surface area contributed by atoms with Crippen LogP contribution >= 0.6 is 15.6 Å². The molecular formula is C28H50O10P2. The minimum absolute atomic E-state index is 0.363. The molecule has 0 bridgehead atoms. The Morgan fingerprint density at radius 1 is 0.450 bits per heavy atom. The summed E-state index contributed by atoms with van der Waals surface area (Å²) in [6, 6.07) is 15.1. The number of aryl methyl sites for hydroxylation is 2. The van der Waals surface area contributed by atoms with Gasteiger partial charge < -0.3 is 39.6 Å². The van der Waals surface area contributed by atoms with Crippen LogP contribution in [0.5, 0.6) is 11.5 Å². The number of phenols is 2. The fourth-order valence-corrected chi connectivity index (χ4v) is 3.54. The highest BCUT2D eigenvalue weighted by Crippen LogP contribution is 2.26. The third-order valence-corrected chi connectivity index (χ3v) is 5.51. The van der Waals surface area contributed by atoms with Gasteiger partial charge in [0.25, 0.3) is 0 Å². The van der Waals surface area contributed by atoms with Crippen molar-refractivity contribution in [2.45, 2.75) is 104 Å². The van der Waals surface area contributed by atoms with Crippen molar-refractivity contribution in [3.8, 4) is 11.5 Å². The molecule has 0 amide bonds. The van der Waals surface area contributed by atoms with Gasteiger partial charge in [0.1, 0.15) is 11.5 Å². The van der Waals surface area contributed by atoms with Crippen LogP contribution in [0.15, 0.2) is 48.5 Å². The van der Waals surface area contributed by atoms with Gasteiger partial charge >= 0.3 is 15.6 Å². The molecule has 0 aliphatic rings. The first-order valence-corrected chi connectivity index (χ1v) is 16.9. The fourth-order valence-electron chi connectivity index (χ4n) is 3.54. The van der Waals surface area contributed by atoms with Gasteiger partial charge in [-0.05, 0) is 61.1 Å². The summed E-state index contributed by atoms with van der Waals surface area (Å²) in [4.78, 5) is 43.1. The molecule has 2 rings (SSSR count). The molecule has 8 N–H and O–H groups in total. The summed E-state index contributed by atoms with van der Waals surface area (Å²) in [6.45, 7) is 4.49. The second kappa shape index (κ2) is 25.0. The van der Waals surface area contributed by atoms with E-state index >= 15 is 0 Å². The molecule has 0 aliphatic heterocycles. The first kappa shape index (κ1) is 40.4. The Balaban J connectivity index is 0. The molecule has 2 aromatic rings. The van der Waals surface area contributed by atoms with Gasteiger partial charge in [-0.25, -0.2) is 9.13 Å². The van der Waals surface area contributed by atoms with E-state index in [9.17, 15) is 0 Å². The molecule has 232 valence electrons. The second-order valence-corrected chi connectivity index (χ2v) is 11.4. The van der Waals surface area contributed by atoms with Crippen LogP contribution in [0.25, 0.3) is 0 Å². The van der Waals surface area contributed by atoms with Crippen LogP contribution in [-0.4, -0.2) is 39.6 Å². The predicted molar refractivity (Wildman–Crippen MR) is 159 cm³/mol. The fraction of sp³-hybridized carbons (Fsp3) is 0.571. The minimum Gasteiger partial charge on any atom is -0.508 e. The van der Waals surface area contributed by atoms with Gasteiger partial charge in [-0.2, -0.15) is 0 Å². The molecular weight excluding hydrogens is 558 g/mol. The Kier molecular flexibility index (Phi) is 25.3. The van der Waals surface area contributed by atoms with E-state index in [0.29, 0.717) is 11.5 Å². The lowest BCUT2D eigenvalue weighted by molar-refractivity contribution is 0.272. The minimum atomic E-state index is -4.64. The highest BCUT2D eigenvalue weighted by atomic mass is 31.2. The molecule has 0 spiro atoms. The van der Waals surface area contributed by atoms with Crippen molar-refractivity contribution in [2.24, 2.45) is 0 Å². The first-order valence-electron chi connectivity index (χ1n) is 13.8. The Labute approximate surface area is 239 Å². The number of aromatic hydroxyl groups is 2. The van der Waals surface area contributed by atoms with E-state index in [1.54, 1.807) is 24.3 Å². The number of phosphoric acid groups is 2. The number of phenolic OH excluding ortho intramolecular Hbond substituents is 2. The van der Waals surface area contributed by atoms with Crippen molar-refractivity contribution in [1.82, 2.24) is 0 Å². The summed E-state index contributed by atoms with van der Waals surface area (Å²) >= 11 is 0. The Hall–Kier alpha value is -1.74. The number of rotatable bonds is 14. The summed E-state index contributed by atoms with van der Waals surface area (Å²) < 4.78 is 17.8. The lowest BCUT2D eigenvalue weighted by Gasteiger charge is -2.02. The molecule has 0 aromatic heterocycles. The van der Waals surface area contributed by atoms with E-state index in [1.165, 1.54) is 88.2 Å². The van der Waals surface area contributed by atoms with Crippen molar-refractivity contribution in [3.05, 3.63) is 59.7 Å². The van der Waals surface area contributed by atoms with Crippen LogP contribution in [0, 0.1) is 0 Å². The average Bonchev–Trinajstić information content (AvgIpc) is 2.84. The summed E-state index contributed by atoms with van der Waals surface area (Å²) in [5.74, 6) is 0.725. The molecule has 0 heterocycles. The third-order valence-electron chi connectivity index (χ3n) is 5.51. The van der Waals surface area contributed by atoms with Crippen molar-refractivity contribution in [2.75, 3.05) is 0 Å². The molecule has 0 radical (unpaired) electrons. The number of unbranched alkanes of at least 4 members (excludes halogenated alkanes) is 10. The third kappa shape index (κ3) is 38.4. The molecule has 12 heteroatoms. The average molecular weight is 609 g/mol. The van der Waals surface area contributed by atoms with Gasteiger partial charge in [0.2, 0.25) is 0 Å². The molecule has 0 aliphatic carbocycles. The zero-order chi connectivity index (χ0) is 30.9. The smallest absolute Gasteiger partial charge is 0.466 e. The van der Waals surface area contributed by atoms with Crippen LogP contribution in [0.3, 0.4) is 0 Å². The normalized spacial score (nSPS) is 10.8. The Morgan fingerprint density at radius 3 is 0.925 bits per heavy atom. The highest BCUT2D eigenvalue weighted by molar-refractivity contribution is 7.45. The van der Waals surface area contributed by atoms with Gasteiger partial charge in [0, 0.05) is 0 Å². The predicted octanol–water partition coefficient (Wildman–Crippen LogP) is 6.73. The molecule has 0 saturated carbocycles. The monoisotopic (exact) mass is 608 g/mol. The molecule has 0 saturated heterocycles. The van der Waals surface area contributed by atoms with Crippen molar-refractivity contribution >= 4 is 15.6 Å². The molecule has 2 aromatic carbocycles. The summed E-state index contributed by atoms with van der Waals surface area (Å²) in [5, 5.41) is 18.3. The van der Waals surface area contributed by atoms with Gasteiger partial charge in [-0.15, -0.1) is 0 Å². The summed E-state index contributed by atoms with van der Waals surface area (Å²) in [6.07, 6.45) is 18.4. The molecule has 0 atom stereocenters. The van der Waals surface area contributed by atoms with Gasteiger partial charge in [-0.1, -0.05) is 102 Å². The lowest BCUT2D eigenvalue weighted by Crippen LogP contribution is -1.85. The highest BCUT2D eigenvalue weighted by Gasteiger charge is 2.01. The summed E-state index contributed by atoms with van der Waals surface area (Å²) in [5.41, 5.74) is 2.67. The van der Waals surface area contributed by atoms with E-state index in [2.05, 4.69) is 13.8 Å². The Bertz CT molecular complexity index is 831. The summed E-state index contributed by atoms with van der Waals surface area (Å²) in [7, 11) is -9.28. The van der Waals surface area contributed by atoms with Gasteiger partial charge in [0.05, 0.1) is 0 Å². The van der Waals surface area contributed by atoms with E-state index in [1.807, 2.05) is 24.3 Å². The van der Waals surface area contributed by atoms with Crippen LogP contribution in [-0.2, 0) is 22.0 Å². The number of hydrogen-bond acceptors (Lipinski definition) is 4. The van der Waals surface area contributed by atoms with E-state index in [4.69, 9.17) is 48.7 Å². The maximum absolute atomic E-state index is 9.13. The van der Waals surface area contributed by atoms with Crippen LogP contribution in [0.4, 0.5) is 0 Å². The van der Waals surface area contributed by atoms with Crippen molar-refractivity contribution in [3.63, 3.8) is 0 Å². The maximum atomic E-state index is 9.13. The first-order chi connectivity index (χ1) is 18.7. The maximum Gasteiger partial charge on any atom is 0.466 e. The largest absolute Gasteiger partial charge is 0.508 e. The number of hydrogen-bond donors (Lipinski definition) is 8. The second-order valence-electron chi connectivity index (χ2n) is 9.39. The van der Waals surface area contributed by atoms with Gasteiger partial charge in [-0.3, -0.25) is 0 Å². The lowest BCUT2D eigenvalue weighted by atomic mass is 10.1. The molecule has 40 heavy (non-hydrogen) atoms. The number of benzene rings is 2.